The zero-order chi connectivity index (χ0) is 18.8. The molecule has 7 heteroatoms. The molecule has 0 atom stereocenters. The maximum absolute atomic E-state index is 12.5. The van der Waals surface area contributed by atoms with E-state index in [1.807, 2.05) is 49.5 Å². The zero-order valence-electron chi connectivity index (χ0n) is 15.7. The first-order valence-electron chi connectivity index (χ1n) is 9.37. The first-order valence-corrected chi connectivity index (χ1v) is 9.37. The quantitative estimate of drug-likeness (QED) is 0.709. The maximum atomic E-state index is 12.5. The van der Waals surface area contributed by atoms with Gasteiger partial charge < -0.3 is 4.90 Å². The number of aryl methyl sites for hydroxylation is 2. The van der Waals surface area contributed by atoms with E-state index in [1.165, 1.54) is 4.68 Å². The predicted molar refractivity (Wildman–Crippen MR) is 104 cm³/mol. The smallest absolute Gasteiger partial charge is 0.341 e. The lowest BCUT2D eigenvalue weighted by Crippen LogP contribution is -2.35. The first kappa shape index (κ1) is 17.5. The summed E-state index contributed by atoms with van der Waals surface area (Å²) in [5, 5.41) is 4.50. The minimum atomic E-state index is -0.0956. The molecule has 0 bridgehead atoms. The number of rotatable bonds is 4. The fourth-order valence-electron chi connectivity index (χ4n) is 3.67. The zero-order valence-corrected chi connectivity index (χ0v) is 15.7. The monoisotopic (exact) mass is 364 g/mol. The molecule has 0 amide bonds. The van der Waals surface area contributed by atoms with Crippen molar-refractivity contribution in [3.05, 3.63) is 64.6 Å². The Morgan fingerprint density at radius 3 is 2.56 bits per heavy atom. The minimum absolute atomic E-state index is 0.0956. The van der Waals surface area contributed by atoms with Crippen molar-refractivity contribution in [2.24, 2.45) is 13.0 Å². The summed E-state index contributed by atoms with van der Waals surface area (Å²) < 4.78 is 3.16. The van der Waals surface area contributed by atoms with Gasteiger partial charge in [0.25, 0.3) is 0 Å². The van der Waals surface area contributed by atoms with Crippen LogP contribution in [0.2, 0.25) is 0 Å². The van der Waals surface area contributed by atoms with Crippen LogP contribution in [0.25, 0.3) is 5.69 Å². The lowest BCUT2D eigenvalue weighted by atomic mass is 9.93. The molecule has 1 aromatic carbocycles. The average molecular weight is 364 g/mol. The Hall–Kier alpha value is -2.96. The summed E-state index contributed by atoms with van der Waals surface area (Å²) in [6.07, 6.45) is 4.69. The largest absolute Gasteiger partial charge is 0.350 e. The summed E-state index contributed by atoms with van der Waals surface area (Å²) in [6.45, 7) is 3.84. The summed E-state index contributed by atoms with van der Waals surface area (Å²) in [7, 11) is 1.71. The van der Waals surface area contributed by atoms with Crippen molar-refractivity contribution in [2.45, 2.75) is 26.2 Å². The third-order valence-corrected chi connectivity index (χ3v) is 5.16. The normalized spacial score (nSPS) is 15.3. The summed E-state index contributed by atoms with van der Waals surface area (Å²) in [4.78, 5) is 23.7. The van der Waals surface area contributed by atoms with E-state index in [4.69, 9.17) is 0 Å². The molecule has 27 heavy (non-hydrogen) atoms. The number of benzene rings is 1. The van der Waals surface area contributed by atoms with E-state index in [9.17, 15) is 4.79 Å². The van der Waals surface area contributed by atoms with Crippen molar-refractivity contribution in [3.8, 4) is 5.69 Å². The number of anilines is 1. The molecule has 1 aliphatic rings. The number of hydrogen-bond acceptors (Lipinski definition) is 5. The van der Waals surface area contributed by atoms with E-state index in [0.717, 1.165) is 55.5 Å². The van der Waals surface area contributed by atoms with Crippen molar-refractivity contribution in [1.82, 2.24) is 24.3 Å². The SMILES string of the molecule is Cc1ccnc(N2CCC(Cc3nn(C)c(=O)n3-c3ccccc3)CC2)n1. The highest BCUT2D eigenvalue weighted by Crippen LogP contribution is 2.24. The number of nitrogens with zero attached hydrogens (tertiary/aromatic N) is 6. The molecule has 7 nitrogen and oxygen atoms in total. The van der Waals surface area contributed by atoms with Crippen LogP contribution in [0.5, 0.6) is 0 Å². The van der Waals surface area contributed by atoms with Crippen LogP contribution >= 0.6 is 0 Å². The van der Waals surface area contributed by atoms with Crippen LogP contribution in [-0.4, -0.2) is 37.4 Å². The van der Waals surface area contributed by atoms with Crippen LogP contribution in [0.15, 0.2) is 47.4 Å². The second kappa shape index (κ2) is 7.34. The molecule has 0 N–H and O–H groups in total. The Morgan fingerprint density at radius 1 is 1.11 bits per heavy atom. The Balaban J connectivity index is 1.49. The molecule has 4 rings (SSSR count). The molecule has 1 saturated heterocycles. The van der Waals surface area contributed by atoms with Gasteiger partial charge in [-0.05, 0) is 43.9 Å². The highest BCUT2D eigenvalue weighted by atomic mass is 16.2. The van der Waals surface area contributed by atoms with Gasteiger partial charge in [0.2, 0.25) is 5.95 Å². The van der Waals surface area contributed by atoms with Crippen molar-refractivity contribution in [2.75, 3.05) is 18.0 Å². The maximum Gasteiger partial charge on any atom is 0.350 e. The second-order valence-corrected chi connectivity index (χ2v) is 7.13. The fraction of sp³-hybridized carbons (Fsp3) is 0.400. The molecule has 1 aliphatic heterocycles. The lowest BCUT2D eigenvalue weighted by Gasteiger charge is -2.31. The standard InChI is InChI=1S/C20H24N6O/c1-15-8-11-21-19(22-15)25-12-9-16(10-13-25)14-18-23-24(2)20(27)26(18)17-6-4-3-5-7-17/h3-8,11,16H,9-10,12-14H2,1-2H3. The number of aromatic nitrogens is 5. The van der Waals surface area contributed by atoms with Gasteiger partial charge in [0.15, 0.2) is 0 Å². The number of para-hydroxylation sites is 1. The Labute approximate surface area is 158 Å². The molecule has 3 aromatic rings. The predicted octanol–water partition coefficient (Wildman–Crippen LogP) is 2.13. The van der Waals surface area contributed by atoms with Gasteiger partial charge in [-0.15, -0.1) is 0 Å². The van der Waals surface area contributed by atoms with E-state index in [0.29, 0.717) is 5.92 Å². The Kier molecular flexibility index (Phi) is 4.75. The molecular weight excluding hydrogens is 340 g/mol. The summed E-state index contributed by atoms with van der Waals surface area (Å²) >= 11 is 0. The molecular formula is C20H24N6O. The second-order valence-electron chi connectivity index (χ2n) is 7.13. The molecule has 3 heterocycles. The van der Waals surface area contributed by atoms with Gasteiger partial charge in [-0.1, -0.05) is 18.2 Å². The average Bonchev–Trinajstić information content (AvgIpc) is 2.96. The Bertz CT molecular complexity index is 970. The van der Waals surface area contributed by atoms with Crippen LogP contribution < -0.4 is 10.6 Å². The Morgan fingerprint density at radius 2 is 1.85 bits per heavy atom. The molecule has 0 aliphatic carbocycles. The van der Waals surface area contributed by atoms with Gasteiger partial charge in [-0.2, -0.15) is 5.10 Å². The van der Waals surface area contributed by atoms with Gasteiger partial charge in [0, 0.05) is 38.4 Å². The van der Waals surface area contributed by atoms with E-state index in [-0.39, 0.29) is 5.69 Å². The third kappa shape index (κ3) is 3.63. The molecule has 0 unspecified atom stereocenters. The first-order chi connectivity index (χ1) is 13.1. The van der Waals surface area contributed by atoms with Crippen molar-refractivity contribution in [3.63, 3.8) is 0 Å². The highest BCUT2D eigenvalue weighted by molar-refractivity contribution is 5.33. The molecule has 2 aromatic heterocycles. The number of piperidine rings is 1. The molecule has 0 spiro atoms. The van der Waals surface area contributed by atoms with Crippen LogP contribution in [0, 0.1) is 12.8 Å². The van der Waals surface area contributed by atoms with Gasteiger partial charge in [0.05, 0.1) is 5.69 Å². The molecule has 140 valence electrons. The summed E-state index contributed by atoms with van der Waals surface area (Å²) in [5.41, 5.74) is 1.76. The van der Waals surface area contributed by atoms with Crippen molar-refractivity contribution in [1.29, 1.82) is 0 Å². The topological polar surface area (TPSA) is 68.8 Å². The van der Waals surface area contributed by atoms with Gasteiger partial charge >= 0.3 is 5.69 Å². The fourth-order valence-corrected chi connectivity index (χ4v) is 3.67. The van der Waals surface area contributed by atoms with Crippen molar-refractivity contribution < 1.29 is 0 Å². The van der Waals surface area contributed by atoms with E-state index < -0.39 is 0 Å². The van der Waals surface area contributed by atoms with E-state index in [1.54, 1.807) is 11.6 Å². The summed E-state index contributed by atoms with van der Waals surface area (Å²) in [5.74, 6) is 2.14. The van der Waals surface area contributed by atoms with E-state index >= 15 is 0 Å². The molecule has 1 fully saturated rings. The van der Waals surface area contributed by atoms with Crippen molar-refractivity contribution >= 4 is 5.95 Å². The molecule has 0 radical (unpaired) electrons. The van der Waals surface area contributed by atoms with Crippen LogP contribution in [-0.2, 0) is 13.5 Å². The lowest BCUT2D eigenvalue weighted by molar-refractivity contribution is 0.391. The third-order valence-electron chi connectivity index (χ3n) is 5.16. The molecule has 0 saturated carbocycles. The van der Waals surface area contributed by atoms with Gasteiger partial charge in [-0.25, -0.2) is 24.0 Å². The van der Waals surface area contributed by atoms with Crippen LogP contribution in [0.4, 0.5) is 5.95 Å². The van der Waals surface area contributed by atoms with E-state index in [2.05, 4.69) is 20.0 Å². The highest BCUT2D eigenvalue weighted by Gasteiger charge is 2.24. The summed E-state index contributed by atoms with van der Waals surface area (Å²) in [6, 6.07) is 11.7. The van der Waals surface area contributed by atoms with Crippen LogP contribution in [0.3, 0.4) is 0 Å². The van der Waals surface area contributed by atoms with Crippen LogP contribution in [0.1, 0.15) is 24.4 Å². The van der Waals surface area contributed by atoms with Gasteiger partial charge in [-0.3, -0.25) is 0 Å². The van der Waals surface area contributed by atoms with Gasteiger partial charge in [0.1, 0.15) is 5.82 Å². The number of hydrogen-bond donors (Lipinski definition) is 0. The minimum Gasteiger partial charge on any atom is -0.341 e.